The maximum atomic E-state index is 5.24. The Kier molecular flexibility index (Phi) is 5.00. The summed E-state index contributed by atoms with van der Waals surface area (Å²) in [5.41, 5.74) is 1.12. The molecule has 100 valence electrons. The van der Waals surface area contributed by atoms with Crippen LogP contribution in [0.3, 0.4) is 0 Å². The Morgan fingerprint density at radius 2 is 2.28 bits per heavy atom. The first-order chi connectivity index (χ1) is 8.81. The number of rotatable bonds is 4. The van der Waals surface area contributed by atoms with E-state index in [1.54, 1.807) is 7.11 Å². The molecule has 0 aromatic carbocycles. The SMILES string of the molecule is CCC1CCCN(Cc2cc(OC)ccn2)CC1. The first kappa shape index (κ1) is 13.3. The minimum atomic E-state index is 0.904. The number of likely N-dealkylation sites (tertiary alicyclic amines) is 1. The average molecular weight is 248 g/mol. The average Bonchev–Trinajstić information content (AvgIpc) is 2.64. The Hall–Kier alpha value is -1.09. The predicted molar refractivity (Wildman–Crippen MR) is 73.7 cm³/mol. The van der Waals surface area contributed by atoms with Crippen LogP contribution in [0, 0.1) is 5.92 Å². The van der Waals surface area contributed by atoms with Gasteiger partial charge < -0.3 is 4.74 Å². The second-order valence-corrected chi connectivity index (χ2v) is 5.17. The largest absolute Gasteiger partial charge is 0.497 e. The van der Waals surface area contributed by atoms with Gasteiger partial charge in [0.1, 0.15) is 5.75 Å². The van der Waals surface area contributed by atoms with E-state index in [0.29, 0.717) is 0 Å². The second kappa shape index (κ2) is 6.74. The standard InChI is InChI=1S/C15H24N2O/c1-3-13-5-4-9-17(10-7-13)12-14-11-15(18-2)6-8-16-14/h6,8,11,13H,3-5,7,9-10,12H2,1-2H3. The molecular formula is C15H24N2O. The third kappa shape index (κ3) is 3.70. The molecule has 1 aliphatic heterocycles. The fraction of sp³-hybridized carbons (Fsp3) is 0.667. The summed E-state index contributed by atoms with van der Waals surface area (Å²) in [4.78, 5) is 6.95. The van der Waals surface area contributed by atoms with Crippen molar-refractivity contribution in [1.82, 2.24) is 9.88 Å². The number of ether oxygens (including phenoxy) is 1. The van der Waals surface area contributed by atoms with Crippen molar-refractivity contribution in [3.8, 4) is 5.75 Å². The summed E-state index contributed by atoms with van der Waals surface area (Å²) in [6, 6.07) is 3.95. The molecule has 1 aliphatic rings. The van der Waals surface area contributed by atoms with E-state index < -0.39 is 0 Å². The zero-order chi connectivity index (χ0) is 12.8. The normalized spacial score (nSPS) is 21.6. The van der Waals surface area contributed by atoms with Gasteiger partial charge in [0.05, 0.1) is 12.8 Å². The van der Waals surface area contributed by atoms with E-state index in [1.165, 1.54) is 38.8 Å². The van der Waals surface area contributed by atoms with Crippen LogP contribution in [0.2, 0.25) is 0 Å². The fourth-order valence-corrected chi connectivity index (χ4v) is 2.69. The first-order valence-electron chi connectivity index (χ1n) is 7.03. The summed E-state index contributed by atoms with van der Waals surface area (Å²) >= 11 is 0. The molecule has 1 fully saturated rings. The summed E-state index contributed by atoms with van der Waals surface area (Å²) < 4.78 is 5.24. The molecule has 1 aromatic heterocycles. The van der Waals surface area contributed by atoms with Crippen LogP contribution in [0.5, 0.6) is 5.75 Å². The monoisotopic (exact) mass is 248 g/mol. The van der Waals surface area contributed by atoms with Gasteiger partial charge >= 0.3 is 0 Å². The van der Waals surface area contributed by atoms with Gasteiger partial charge in [-0.05, 0) is 44.3 Å². The van der Waals surface area contributed by atoms with E-state index in [0.717, 1.165) is 23.9 Å². The number of methoxy groups -OCH3 is 1. The molecule has 1 saturated heterocycles. The van der Waals surface area contributed by atoms with Gasteiger partial charge in [0.2, 0.25) is 0 Å². The molecule has 18 heavy (non-hydrogen) atoms. The van der Waals surface area contributed by atoms with E-state index in [-0.39, 0.29) is 0 Å². The van der Waals surface area contributed by atoms with E-state index in [4.69, 9.17) is 4.74 Å². The molecule has 0 bridgehead atoms. The van der Waals surface area contributed by atoms with Crippen molar-refractivity contribution >= 4 is 0 Å². The lowest BCUT2D eigenvalue weighted by molar-refractivity contribution is 0.268. The predicted octanol–water partition coefficient (Wildman–Crippen LogP) is 3.10. The smallest absolute Gasteiger partial charge is 0.122 e. The maximum Gasteiger partial charge on any atom is 0.122 e. The van der Waals surface area contributed by atoms with Gasteiger partial charge in [0, 0.05) is 18.8 Å². The van der Waals surface area contributed by atoms with Crippen LogP contribution < -0.4 is 4.74 Å². The molecule has 0 radical (unpaired) electrons. The number of hydrogen-bond acceptors (Lipinski definition) is 3. The highest BCUT2D eigenvalue weighted by Gasteiger charge is 2.16. The van der Waals surface area contributed by atoms with Gasteiger partial charge in [0.25, 0.3) is 0 Å². The molecule has 0 spiro atoms. The molecule has 2 heterocycles. The summed E-state index contributed by atoms with van der Waals surface area (Å²) in [6.45, 7) is 5.67. The van der Waals surface area contributed by atoms with Gasteiger partial charge in [-0.2, -0.15) is 0 Å². The van der Waals surface area contributed by atoms with Gasteiger partial charge in [-0.15, -0.1) is 0 Å². The third-order valence-electron chi connectivity index (χ3n) is 3.93. The van der Waals surface area contributed by atoms with Crippen molar-refractivity contribution in [2.24, 2.45) is 5.92 Å². The number of aromatic nitrogens is 1. The third-order valence-corrected chi connectivity index (χ3v) is 3.93. The van der Waals surface area contributed by atoms with E-state index in [9.17, 15) is 0 Å². The van der Waals surface area contributed by atoms with Gasteiger partial charge in [-0.25, -0.2) is 0 Å². The summed E-state index contributed by atoms with van der Waals surface area (Å²) in [5, 5.41) is 0. The molecular weight excluding hydrogens is 224 g/mol. The first-order valence-corrected chi connectivity index (χ1v) is 7.03. The topological polar surface area (TPSA) is 25.4 Å². The number of pyridine rings is 1. The van der Waals surface area contributed by atoms with Gasteiger partial charge in [-0.3, -0.25) is 9.88 Å². The van der Waals surface area contributed by atoms with Crippen LogP contribution >= 0.6 is 0 Å². The quantitative estimate of drug-likeness (QED) is 0.818. The Morgan fingerprint density at radius 3 is 3.06 bits per heavy atom. The van der Waals surface area contributed by atoms with Crippen molar-refractivity contribution in [2.45, 2.75) is 39.2 Å². The molecule has 0 amide bonds. The minimum Gasteiger partial charge on any atom is -0.497 e. The van der Waals surface area contributed by atoms with Crippen molar-refractivity contribution < 1.29 is 4.74 Å². The van der Waals surface area contributed by atoms with Crippen LogP contribution in [-0.2, 0) is 6.54 Å². The molecule has 1 atom stereocenters. The summed E-state index contributed by atoms with van der Waals surface area (Å²) in [6.07, 6.45) is 7.20. The Balaban J connectivity index is 1.92. The van der Waals surface area contributed by atoms with Crippen LogP contribution in [0.15, 0.2) is 18.3 Å². The molecule has 3 heteroatoms. The highest BCUT2D eigenvalue weighted by molar-refractivity contribution is 5.22. The Labute approximate surface area is 110 Å². The van der Waals surface area contributed by atoms with E-state index in [2.05, 4.69) is 16.8 Å². The van der Waals surface area contributed by atoms with E-state index >= 15 is 0 Å². The van der Waals surface area contributed by atoms with Crippen molar-refractivity contribution in [3.63, 3.8) is 0 Å². The molecule has 0 saturated carbocycles. The van der Waals surface area contributed by atoms with Crippen molar-refractivity contribution in [2.75, 3.05) is 20.2 Å². The molecule has 1 aromatic rings. The molecule has 1 unspecified atom stereocenters. The summed E-state index contributed by atoms with van der Waals surface area (Å²) in [5.74, 6) is 1.83. The van der Waals surface area contributed by atoms with Gasteiger partial charge in [-0.1, -0.05) is 13.3 Å². The summed E-state index contributed by atoms with van der Waals surface area (Å²) in [7, 11) is 1.71. The lowest BCUT2D eigenvalue weighted by Crippen LogP contribution is -2.24. The van der Waals surface area contributed by atoms with Crippen LogP contribution in [0.4, 0.5) is 0 Å². The fourth-order valence-electron chi connectivity index (χ4n) is 2.69. The Bertz CT molecular complexity index is 367. The molecule has 3 nitrogen and oxygen atoms in total. The minimum absolute atomic E-state index is 0.904. The number of nitrogens with zero attached hydrogens (tertiary/aromatic N) is 2. The highest BCUT2D eigenvalue weighted by Crippen LogP contribution is 2.21. The highest BCUT2D eigenvalue weighted by atomic mass is 16.5. The van der Waals surface area contributed by atoms with E-state index in [1.807, 2.05) is 18.3 Å². The lowest BCUT2D eigenvalue weighted by atomic mass is 9.98. The Morgan fingerprint density at radius 1 is 1.39 bits per heavy atom. The van der Waals surface area contributed by atoms with Crippen LogP contribution in [0.25, 0.3) is 0 Å². The van der Waals surface area contributed by atoms with Gasteiger partial charge in [0.15, 0.2) is 0 Å². The zero-order valence-corrected chi connectivity index (χ0v) is 11.6. The van der Waals surface area contributed by atoms with Crippen molar-refractivity contribution in [1.29, 1.82) is 0 Å². The van der Waals surface area contributed by atoms with Crippen LogP contribution in [-0.4, -0.2) is 30.1 Å². The second-order valence-electron chi connectivity index (χ2n) is 5.17. The maximum absolute atomic E-state index is 5.24. The molecule has 0 aliphatic carbocycles. The molecule has 2 rings (SSSR count). The molecule has 0 N–H and O–H groups in total. The zero-order valence-electron chi connectivity index (χ0n) is 11.6. The lowest BCUT2D eigenvalue weighted by Gasteiger charge is -2.19. The van der Waals surface area contributed by atoms with Crippen LogP contribution in [0.1, 0.15) is 38.3 Å². The number of hydrogen-bond donors (Lipinski definition) is 0. The van der Waals surface area contributed by atoms with Crippen molar-refractivity contribution in [3.05, 3.63) is 24.0 Å².